The van der Waals surface area contributed by atoms with Gasteiger partial charge in [-0.2, -0.15) is 0 Å². The van der Waals surface area contributed by atoms with Gasteiger partial charge in [0.25, 0.3) is 5.91 Å². The Kier molecular flexibility index (Phi) is 13.7. The molecule has 1 aliphatic heterocycles. The van der Waals surface area contributed by atoms with Crippen LogP contribution in [0.5, 0.6) is 0 Å². The van der Waals surface area contributed by atoms with Crippen molar-refractivity contribution in [2.45, 2.75) is 142 Å². The molecule has 0 bridgehead atoms. The Morgan fingerprint density at radius 1 is 0.940 bits per heavy atom. The van der Waals surface area contributed by atoms with Gasteiger partial charge in [-0.05, 0) is 75.0 Å². The fourth-order valence-corrected chi connectivity index (χ4v) is 8.10. The second-order valence-corrected chi connectivity index (χ2v) is 15.9. The van der Waals surface area contributed by atoms with Crippen LogP contribution in [0.15, 0.2) is 54.0 Å². The minimum atomic E-state index is -0.706. The van der Waals surface area contributed by atoms with E-state index >= 15 is 0 Å². The van der Waals surface area contributed by atoms with Crippen LogP contribution in [0.1, 0.15) is 112 Å². The van der Waals surface area contributed by atoms with Gasteiger partial charge in [-0.3, -0.25) is 24.2 Å². The second kappa shape index (κ2) is 17.5. The lowest BCUT2D eigenvalue weighted by Gasteiger charge is -2.40. The van der Waals surface area contributed by atoms with E-state index in [4.69, 9.17) is 0 Å². The molecule has 0 spiro atoms. The zero-order chi connectivity index (χ0) is 36.6. The molecular weight excluding hydrogens is 628 g/mol. The van der Waals surface area contributed by atoms with Crippen LogP contribution in [0, 0.1) is 23.2 Å². The van der Waals surface area contributed by atoms with Gasteiger partial charge in [0.05, 0.1) is 17.8 Å². The monoisotopic (exact) mass is 690 g/mol. The van der Waals surface area contributed by atoms with Gasteiger partial charge in [-0.25, -0.2) is 0 Å². The van der Waals surface area contributed by atoms with Crippen molar-refractivity contribution >= 4 is 29.7 Å². The molecule has 1 unspecified atom stereocenters. The smallest absolute Gasteiger partial charge is 0.270 e. The SMILES string of the molecule is C=CC=N/C(=C\C)C(=O)N[C@H](C(=C)NC(C(=O)N1C[C@@H]2CCC[C@@H]2[C@H]1C(=O)N[C@@H](CCC)C(=O)C(=C)NC1CC1)C(C)(C)C)C1CCCCC1. The topological polar surface area (TPSA) is 132 Å². The average Bonchev–Trinajstić information content (AvgIpc) is 3.65. The fraction of sp³-hybridized carbons (Fsp3) is 0.675. The first kappa shape index (κ1) is 39.1. The maximum Gasteiger partial charge on any atom is 0.270 e. The van der Waals surface area contributed by atoms with Gasteiger partial charge < -0.3 is 26.2 Å². The van der Waals surface area contributed by atoms with E-state index in [0.717, 1.165) is 70.6 Å². The Hall–Kier alpha value is -3.69. The minimum absolute atomic E-state index is 0.0394. The molecule has 4 aliphatic rings. The summed E-state index contributed by atoms with van der Waals surface area (Å²) in [7, 11) is 0. The van der Waals surface area contributed by atoms with E-state index in [2.05, 4.69) is 46.0 Å². The van der Waals surface area contributed by atoms with E-state index in [1.54, 1.807) is 17.9 Å². The van der Waals surface area contributed by atoms with E-state index in [1.807, 2.05) is 27.7 Å². The van der Waals surface area contributed by atoms with Crippen LogP contribution in [0.4, 0.5) is 0 Å². The Bertz CT molecular complexity index is 1350. The number of ketones is 1. The number of carbonyl (C=O) groups excluding carboxylic acids is 4. The summed E-state index contributed by atoms with van der Waals surface area (Å²) < 4.78 is 0. The Balaban J connectivity index is 1.57. The van der Waals surface area contributed by atoms with Crippen molar-refractivity contribution in [2.75, 3.05) is 6.54 Å². The summed E-state index contributed by atoms with van der Waals surface area (Å²) in [5.74, 6) is -0.498. The minimum Gasteiger partial charge on any atom is -0.380 e. The van der Waals surface area contributed by atoms with Gasteiger partial charge in [-0.15, -0.1) is 0 Å². The number of nitrogens with one attached hydrogen (secondary N) is 4. The first-order chi connectivity index (χ1) is 23.8. The van der Waals surface area contributed by atoms with Gasteiger partial charge in [0.1, 0.15) is 17.8 Å². The normalized spacial score (nSPS) is 24.5. The Morgan fingerprint density at radius 3 is 2.24 bits per heavy atom. The molecule has 4 rings (SSSR count). The number of amides is 3. The van der Waals surface area contributed by atoms with Crippen molar-refractivity contribution in [1.29, 1.82) is 0 Å². The number of fused-ring (bicyclic) bond motifs is 1. The van der Waals surface area contributed by atoms with Crippen molar-refractivity contribution in [3.8, 4) is 0 Å². The molecule has 3 aliphatic carbocycles. The highest BCUT2D eigenvalue weighted by Gasteiger charge is 2.52. The summed E-state index contributed by atoms with van der Waals surface area (Å²) in [5, 5.41) is 13.0. The fourth-order valence-electron chi connectivity index (χ4n) is 8.10. The number of aliphatic imine (C=N–C) groups is 1. The third-order valence-corrected chi connectivity index (χ3v) is 11.0. The van der Waals surface area contributed by atoms with Crippen molar-refractivity contribution in [2.24, 2.45) is 28.2 Å². The maximum atomic E-state index is 14.8. The summed E-state index contributed by atoms with van der Waals surface area (Å²) >= 11 is 0. The Morgan fingerprint density at radius 2 is 1.64 bits per heavy atom. The summed E-state index contributed by atoms with van der Waals surface area (Å²) in [4.78, 5) is 61.9. The molecule has 3 amide bonds. The van der Waals surface area contributed by atoms with Crippen LogP contribution in [-0.2, 0) is 19.2 Å². The number of hydrogen-bond acceptors (Lipinski definition) is 7. The number of rotatable bonds is 17. The lowest BCUT2D eigenvalue weighted by Crippen LogP contribution is -2.59. The molecular formula is C40H62N6O4. The molecule has 4 N–H and O–H groups in total. The van der Waals surface area contributed by atoms with Crippen molar-refractivity contribution < 1.29 is 19.2 Å². The first-order valence-corrected chi connectivity index (χ1v) is 19.0. The van der Waals surface area contributed by atoms with E-state index in [1.165, 1.54) is 12.3 Å². The number of allylic oxidation sites excluding steroid dienone is 2. The van der Waals surface area contributed by atoms with E-state index in [9.17, 15) is 19.2 Å². The average molecular weight is 691 g/mol. The van der Waals surface area contributed by atoms with Crippen LogP contribution in [0.3, 0.4) is 0 Å². The van der Waals surface area contributed by atoms with Gasteiger partial charge >= 0.3 is 0 Å². The molecule has 6 atom stereocenters. The third kappa shape index (κ3) is 9.75. The van der Waals surface area contributed by atoms with E-state index in [-0.39, 0.29) is 53.0 Å². The molecule has 0 radical (unpaired) electrons. The zero-order valence-electron chi connectivity index (χ0n) is 31.2. The highest BCUT2D eigenvalue weighted by Crippen LogP contribution is 2.43. The molecule has 1 saturated heterocycles. The summed E-state index contributed by atoms with van der Waals surface area (Å²) in [6, 6.07) is -2.20. The van der Waals surface area contributed by atoms with E-state index < -0.39 is 29.6 Å². The zero-order valence-corrected chi connectivity index (χ0v) is 31.2. The molecule has 0 aromatic rings. The van der Waals surface area contributed by atoms with Gasteiger partial charge in [0.2, 0.25) is 11.8 Å². The predicted molar refractivity (Wildman–Crippen MR) is 200 cm³/mol. The predicted octanol–water partition coefficient (Wildman–Crippen LogP) is 5.48. The standard InChI is InChI=1S/C40H62N6O4/c1-9-16-32(35(47)26(5)42-29-21-22-29)44-38(49)34-30-20-15-19-28(30)24-46(34)39(50)36(40(6,7)8)43-25(4)33(27-17-13-12-14-18-27)45-37(48)31(11-3)41-23-10-2/h10-11,23,27-30,32-34,36,42-43H,2,4-5,9,12-22,24H2,1,3,6-8H3,(H,44,49)(H,45,48)/b31-11-,41-23?/t28-,30-,32-,33+,34-,36?/m0/s1. The lowest BCUT2D eigenvalue weighted by molar-refractivity contribution is -0.143. The van der Waals surface area contributed by atoms with Crippen LogP contribution in [0.25, 0.3) is 0 Å². The first-order valence-electron chi connectivity index (χ1n) is 19.0. The summed E-state index contributed by atoms with van der Waals surface area (Å²) in [6.07, 6.45) is 16.0. The number of likely N-dealkylation sites (tertiary alicyclic amines) is 1. The van der Waals surface area contributed by atoms with Crippen LogP contribution < -0.4 is 21.3 Å². The second-order valence-electron chi connectivity index (χ2n) is 15.9. The molecule has 276 valence electrons. The summed E-state index contributed by atoms with van der Waals surface area (Å²) in [6.45, 7) is 22.3. The lowest BCUT2D eigenvalue weighted by atomic mass is 9.81. The Labute approximate surface area is 300 Å². The highest BCUT2D eigenvalue weighted by atomic mass is 16.2. The number of nitrogens with zero attached hydrogens (tertiary/aromatic N) is 2. The summed E-state index contributed by atoms with van der Waals surface area (Å²) in [5.41, 5.74) is 0.660. The largest absolute Gasteiger partial charge is 0.380 e. The van der Waals surface area contributed by atoms with Gasteiger partial charge in [0, 0.05) is 24.5 Å². The molecule has 1 heterocycles. The van der Waals surface area contributed by atoms with E-state index in [0.29, 0.717) is 24.4 Å². The van der Waals surface area contributed by atoms with Crippen LogP contribution >= 0.6 is 0 Å². The van der Waals surface area contributed by atoms with Crippen LogP contribution in [0.2, 0.25) is 0 Å². The number of hydrogen-bond donors (Lipinski definition) is 4. The molecule has 3 saturated carbocycles. The van der Waals surface area contributed by atoms with Crippen molar-refractivity contribution in [1.82, 2.24) is 26.2 Å². The third-order valence-electron chi connectivity index (χ3n) is 11.0. The molecule has 0 aromatic heterocycles. The quantitative estimate of drug-likeness (QED) is 0.118. The number of carbonyl (C=O) groups is 4. The molecule has 0 aromatic carbocycles. The van der Waals surface area contributed by atoms with Crippen LogP contribution in [-0.4, -0.2) is 71.4 Å². The van der Waals surface area contributed by atoms with Gasteiger partial charge in [0.15, 0.2) is 5.78 Å². The maximum absolute atomic E-state index is 14.8. The van der Waals surface area contributed by atoms with Crippen molar-refractivity contribution in [3.63, 3.8) is 0 Å². The molecule has 4 fully saturated rings. The van der Waals surface area contributed by atoms with Crippen molar-refractivity contribution in [3.05, 3.63) is 49.0 Å². The molecule has 10 nitrogen and oxygen atoms in total. The molecule has 10 heteroatoms. The molecule has 50 heavy (non-hydrogen) atoms. The highest BCUT2D eigenvalue weighted by molar-refractivity contribution is 6.01. The number of Topliss-reactive ketones (excluding diaryl/α,β-unsaturated/α-hetero) is 1. The van der Waals surface area contributed by atoms with Gasteiger partial charge in [-0.1, -0.05) is 91.7 Å².